The Morgan fingerprint density at radius 2 is 2.00 bits per heavy atom. The van der Waals surface area contributed by atoms with Crippen LogP contribution in [-0.2, 0) is 0 Å². The van der Waals surface area contributed by atoms with Crippen LogP contribution in [0.1, 0.15) is 24.9 Å². The van der Waals surface area contributed by atoms with Gasteiger partial charge in [0.05, 0.1) is 0 Å². The molecule has 2 nitrogen and oxygen atoms in total. The van der Waals surface area contributed by atoms with Crippen LogP contribution in [0.25, 0.3) is 0 Å². The van der Waals surface area contributed by atoms with Crippen molar-refractivity contribution in [3.05, 3.63) is 34.3 Å². The number of nitrogens with one attached hydrogen (secondary N) is 1. The van der Waals surface area contributed by atoms with Gasteiger partial charge in [0.2, 0.25) is 0 Å². The van der Waals surface area contributed by atoms with E-state index in [1.165, 1.54) is 16.5 Å². The van der Waals surface area contributed by atoms with E-state index in [1.54, 1.807) is 0 Å². The summed E-state index contributed by atoms with van der Waals surface area (Å²) in [5.41, 5.74) is 1.33. The van der Waals surface area contributed by atoms with E-state index in [2.05, 4.69) is 65.4 Å². The average Bonchev–Trinajstić information content (AvgIpc) is 2.24. The van der Waals surface area contributed by atoms with E-state index in [0.717, 1.165) is 13.1 Å². The van der Waals surface area contributed by atoms with Gasteiger partial charge in [-0.3, -0.25) is 0 Å². The summed E-state index contributed by atoms with van der Waals surface area (Å²) in [4.78, 5) is 2.21. The predicted octanol–water partition coefficient (Wildman–Crippen LogP) is 3.05. The second kappa shape index (κ2) is 7.05. The quantitative estimate of drug-likeness (QED) is 0.808. The van der Waals surface area contributed by atoms with Crippen LogP contribution < -0.4 is 5.32 Å². The molecule has 0 saturated carbocycles. The molecule has 0 unspecified atom stereocenters. The van der Waals surface area contributed by atoms with Crippen LogP contribution in [0, 0.1) is 0 Å². The maximum atomic E-state index is 3.58. The molecular formula is C13H21BrN2. The fourth-order valence-corrected chi connectivity index (χ4v) is 2.28. The first-order chi connectivity index (χ1) is 7.61. The van der Waals surface area contributed by atoms with E-state index >= 15 is 0 Å². The molecule has 0 radical (unpaired) electrons. The minimum absolute atomic E-state index is 0.401. The minimum atomic E-state index is 0.401. The second-order valence-corrected chi connectivity index (χ2v) is 5.21. The first kappa shape index (κ1) is 13.7. The average molecular weight is 285 g/mol. The molecule has 1 rings (SSSR count). The highest BCUT2D eigenvalue weighted by atomic mass is 79.9. The fourth-order valence-electron chi connectivity index (χ4n) is 1.65. The number of hydrogen-bond acceptors (Lipinski definition) is 2. The zero-order valence-electron chi connectivity index (χ0n) is 10.3. The summed E-state index contributed by atoms with van der Waals surface area (Å²) in [5.74, 6) is 0. The van der Waals surface area contributed by atoms with Gasteiger partial charge in [-0.2, -0.15) is 0 Å². The first-order valence-electron chi connectivity index (χ1n) is 5.74. The fraction of sp³-hybridized carbons (Fsp3) is 0.538. The number of benzene rings is 1. The Labute approximate surface area is 107 Å². The van der Waals surface area contributed by atoms with Crippen LogP contribution in [0.5, 0.6) is 0 Å². The lowest BCUT2D eigenvalue weighted by Crippen LogP contribution is -2.24. The molecule has 16 heavy (non-hydrogen) atoms. The van der Waals surface area contributed by atoms with Gasteiger partial charge in [0.1, 0.15) is 0 Å². The Balaban J connectivity index is 2.35. The number of nitrogens with zero attached hydrogens (tertiary/aromatic N) is 1. The molecule has 0 aliphatic carbocycles. The number of hydrogen-bond donors (Lipinski definition) is 1. The lowest BCUT2D eigenvalue weighted by Gasteiger charge is -2.16. The van der Waals surface area contributed by atoms with Gasteiger partial charge in [0, 0.05) is 10.5 Å². The molecule has 90 valence electrons. The van der Waals surface area contributed by atoms with Gasteiger partial charge in [-0.1, -0.05) is 34.1 Å². The molecule has 3 heteroatoms. The van der Waals surface area contributed by atoms with Crippen molar-refractivity contribution < 1.29 is 0 Å². The Kier molecular flexibility index (Phi) is 6.03. The van der Waals surface area contributed by atoms with Crippen molar-refractivity contribution in [3.8, 4) is 0 Å². The van der Waals surface area contributed by atoms with Crippen molar-refractivity contribution in [1.29, 1.82) is 0 Å². The highest BCUT2D eigenvalue weighted by molar-refractivity contribution is 9.10. The molecule has 0 heterocycles. The smallest absolute Gasteiger partial charge is 0.0302 e. The Morgan fingerprint density at radius 3 is 2.62 bits per heavy atom. The monoisotopic (exact) mass is 284 g/mol. The van der Waals surface area contributed by atoms with Crippen LogP contribution in [0.4, 0.5) is 0 Å². The highest BCUT2D eigenvalue weighted by Gasteiger charge is 2.07. The molecule has 0 aliphatic heterocycles. The summed E-state index contributed by atoms with van der Waals surface area (Å²) in [6.45, 7) is 4.39. The lowest BCUT2D eigenvalue weighted by atomic mass is 10.1. The van der Waals surface area contributed by atoms with E-state index in [9.17, 15) is 0 Å². The Hall–Kier alpha value is -0.380. The molecule has 0 aliphatic rings. The zero-order valence-corrected chi connectivity index (χ0v) is 11.9. The third-order valence-corrected chi connectivity index (χ3v) is 3.33. The van der Waals surface area contributed by atoms with Crippen molar-refractivity contribution >= 4 is 15.9 Å². The maximum absolute atomic E-state index is 3.58. The van der Waals surface area contributed by atoms with Gasteiger partial charge in [0.15, 0.2) is 0 Å². The van der Waals surface area contributed by atoms with E-state index in [-0.39, 0.29) is 0 Å². The van der Waals surface area contributed by atoms with Crippen molar-refractivity contribution in [1.82, 2.24) is 10.2 Å². The lowest BCUT2D eigenvalue weighted by molar-refractivity contribution is 0.389. The van der Waals surface area contributed by atoms with Gasteiger partial charge >= 0.3 is 0 Å². The molecular weight excluding hydrogens is 264 g/mol. The van der Waals surface area contributed by atoms with Gasteiger partial charge in [-0.15, -0.1) is 0 Å². The van der Waals surface area contributed by atoms with Crippen molar-refractivity contribution in [2.75, 3.05) is 27.2 Å². The Morgan fingerprint density at radius 1 is 1.31 bits per heavy atom. The summed E-state index contributed by atoms with van der Waals surface area (Å²) in [6, 6.07) is 8.78. The summed E-state index contributed by atoms with van der Waals surface area (Å²) in [7, 11) is 4.22. The second-order valence-electron chi connectivity index (χ2n) is 4.35. The molecule has 0 saturated heterocycles. The summed E-state index contributed by atoms with van der Waals surface area (Å²) in [6.07, 6.45) is 1.18. The van der Waals surface area contributed by atoms with E-state index < -0.39 is 0 Å². The molecule has 1 N–H and O–H groups in total. The van der Waals surface area contributed by atoms with Gasteiger partial charge in [0.25, 0.3) is 0 Å². The molecule has 0 amide bonds. The predicted molar refractivity (Wildman–Crippen MR) is 73.7 cm³/mol. The van der Waals surface area contributed by atoms with E-state index in [0.29, 0.717) is 6.04 Å². The van der Waals surface area contributed by atoms with Crippen LogP contribution >= 0.6 is 15.9 Å². The van der Waals surface area contributed by atoms with E-state index in [4.69, 9.17) is 0 Å². The Bertz CT molecular complexity index is 313. The van der Waals surface area contributed by atoms with Gasteiger partial charge < -0.3 is 10.2 Å². The van der Waals surface area contributed by atoms with Crippen molar-refractivity contribution in [2.24, 2.45) is 0 Å². The third-order valence-electron chi connectivity index (χ3n) is 2.60. The largest absolute Gasteiger partial charge is 0.310 e. The van der Waals surface area contributed by atoms with Crippen LogP contribution in [0.2, 0.25) is 0 Å². The molecule has 0 bridgehead atoms. The summed E-state index contributed by atoms with van der Waals surface area (Å²) < 4.78 is 1.18. The van der Waals surface area contributed by atoms with Crippen LogP contribution in [0.3, 0.4) is 0 Å². The molecule has 1 atom stereocenters. The zero-order chi connectivity index (χ0) is 12.0. The SMILES string of the molecule is C[C@H](NCCCN(C)C)c1ccccc1Br. The van der Waals surface area contributed by atoms with Crippen LogP contribution in [0.15, 0.2) is 28.7 Å². The maximum Gasteiger partial charge on any atom is 0.0302 e. The number of halogens is 1. The highest BCUT2D eigenvalue weighted by Crippen LogP contribution is 2.22. The third kappa shape index (κ3) is 4.64. The van der Waals surface area contributed by atoms with Gasteiger partial charge in [-0.25, -0.2) is 0 Å². The standard InChI is InChI=1S/C13H21BrN2/c1-11(15-9-6-10-16(2)3)12-7-4-5-8-13(12)14/h4-5,7-8,11,15H,6,9-10H2,1-3H3/t11-/m0/s1. The number of rotatable bonds is 6. The molecule has 0 spiro atoms. The molecule has 0 aromatic heterocycles. The van der Waals surface area contributed by atoms with Crippen molar-refractivity contribution in [2.45, 2.75) is 19.4 Å². The minimum Gasteiger partial charge on any atom is -0.310 e. The summed E-state index contributed by atoms with van der Waals surface area (Å²) >= 11 is 3.58. The van der Waals surface area contributed by atoms with Crippen LogP contribution in [-0.4, -0.2) is 32.1 Å². The van der Waals surface area contributed by atoms with Gasteiger partial charge in [-0.05, 0) is 52.2 Å². The normalized spacial score (nSPS) is 13.1. The summed E-state index contributed by atoms with van der Waals surface area (Å²) in [5, 5.41) is 3.54. The van der Waals surface area contributed by atoms with Crippen molar-refractivity contribution in [3.63, 3.8) is 0 Å². The topological polar surface area (TPSA) is 15.3 Å². The first-order valence-corrected chi connectivity index (χ1v) is 6.53. The molecule has 0 fully saturated rings. The molecule has 1 aromatic rings. The molecule has 1 aromatic carbocycles. The van der Waals surface area contributed by atoms with E-state index in [1.807, 2.05) is 6.07 Å².